The van der Waals surface area contributed by atoms with Crippen molar-refractivity contribution in [2.24, 2.45) is 17.6 Å². The molecule has 0 unspecified atom stereocenters. The van der Waals surface area contributed by atoms with Crippen LogP contribution < -0.4 is 11.1 Å². The molecule has 1 aromatic rings. The average molecular weight is 354 g/mol. The van der Waals surface area contributed by atoms with Gasteiger partial charge >= 0.3 is 11.9 Å². The molecule has 25 heavy (non-hydrogen) atoms. The van der Waals surface area contributed by atoms with Gasteiger partial charge in [0.1, 0.15) is 11.9 Å². The zero-order valence-electron chi connectivity index (χ0n) is 13.9. The van der Waals surface area contributed by atoms with E-state index in [-0.39, 0.29) is 5.56 Å². The molecule has 0 heterocycles. The smallest absolute Gasteiger partial charge is 0.320 e. The Morgan fingerprint density at radius 2 is 1.52 bits per heavy atom. The molecular formula is C16H19FN2O6. The number of nitrogens with two attached hydrogens (primary N) is 1. The van der Waals surface area contributed by atoms with E-state index in [1.807, 2.05) is 0 Å². The van der Waals surface area contributed by atoms with Crippen LogP contribution in [0.1, 0.15) is 17.3 Å². The number of primary amides is 1. The van der Waals surface area contributed by atoms with Gasteiger partial charge in [0, 0.05) is 11.5 Å². The molecule has 0 saturated heterocycles. The third kappa shape index (κ3) is 5.00. The van der Waals surface area contributed by atoms with E-state index in [1.54, 1.807) is 0 Å². The monoisotopic (exact) mass is 354 g/mol. The molecule has 2 amide bonds. The van der Waals surface area contributed by atoms with Crippen molar-refractivity contribution in [2.75, 3.05) is 14.2 Å². The number of hydrogen-bond donors (Lipinski definition) is 2. The fourth-order valence-corrected chi connectivity index (χ4v) is 2.26. The normalized spacial score (nSPS) is 12.8. The highest BCUT2D eigenvalue weighted by molar-refractivity contribution is 5.99. The standard InChI is InChI=1S/C16H19FN2O6/c1-8(11(15(22)24-2)16(23)25-3)12(13(18)20)19-14(21)9-4-6-10(17)7-5-9/h4-8,11-12H,1-3H3,(H2,18,20)(H,19,21)/t8-,12-/m1/s1. The minimum absolute atomic E-state index is 0.0764. The summed E-state index contributed by atoms with van der Waals surface area (Å²) in [5.41, 5.74) is 5.37. The van der Waals surface area contributed by atoms with E-state index in [9.17, 15) is 23.6 Å². The summed E-state index contributed by atoms with van der Waals surface area (Å²) in [6.07, 6.45) is 0. The van der Waals surface area contributed by atoms with Gasteiger partial charge in [-0.15, -0.1) is 0 Å². The zero-order valence-corrected chi connectivity index (χ0v) is 13.9. The molecule has 3 N–H and O–H groups in total. The Labute approximate surface area is 143 Å². The first-order valence-corrected chi connectivity index (χ1v) is 7.24. The highest BCUT2D eigenvalue weighted by Gasteiger charge is 2.41. The number of rotatable bonds is 7. The first-order chi connectivity index (χ1) is 11.7. The number of halogens is 1. The summed E-state index contributed by atoms with van der Waals surface area (Å²) in [6.45, 7) is 1.37. The van der Waals surface area contributed by atoms with Crippen molar-refractivity contribution in [1.82, 2.24) is 5.32 Å². The van der Waals surface area contributed by atoms with E-state index in [0.29, 0.717) is 0 Å². The van der Waals surface area contributed by atoms with Crippen LogP contribution in [0.15, 0.2) is 24.3 Å². The largest absolute Gasteiger partial charge is 0.468 e. The van der Waals surface area contributed by atoms with Gasteiger partial charge < -0.3 is 20.5 Å². The number of esters is 2. The Bertz CT molecular complexity index is 645. The van der Waals surface area contributed by atoms with Crippen LogP contribution in [0.2, 0.25) is 0 Å². The van der Waals surface area contributed by atoms with Crippen molar-refractivity contribution >= 4 is 23.8 Å². The molecule has 0 fully saturated rings. The van der Waals surface area contributed by atoms with E-state index in [1.165, 1.54) is 19.1 Å². The molecule has 8 nitrogen and oxygen atoms in total. The van der Waals surface area contributed by atoms with Gasteiger partial charge in [0.05, 0.1) is 14.2 Å². The van der Waals surface area contributed by atoms with Crippen LogP contribution in [0.5, 0.6) is 0 Å². The van der Waals surface area contributed by atoms with Crippen molar-refractivity contribution in [3.63, 3.8) is 0 Å². The van der Waals surface area contributed by atoms with Crippen LogP contribution in [-0.4, -0.2) is 44.0 Å². The Kier molecular flexibility index (Phi) is 7.04. The summed E-state index contributed by atoms with van der Waals surface area (Å²) < 4.78 is 22.0. The number of benzene rings is 1. The first-order valence-electron chi connectivity index (χ1n) is 7.24. The van der Waals surface area contributed by atoms with E-state index < -0.39 is 47.4 Å². The highest BCUT2D eigenvalue weighted by Crippen LogP contribution is 2.20. The van der Waals surface area contributed by atoms with E-state index in [4.69, 9.17) is 5.73 Å². The average Bonchev–Trinajstić information content (AvgIpc) is 2.59. The summed E-state index contributed by atoms with van der Waals surface area (Å²) in [6, 6.07) is 3.21. The van der Waals surface area contributed by atoms with Crippen molar-refractivity contribution < 1.29 is 33.0 Å². The van der Waals surface area contributed by atoms with Gasteiger partial charge in [-0.2, -0.15) is 0 Å². The molecule has 1 rings (SSSR count). The highest BCUT2D eigenvalue weighted by atomic mass is 19.1. The van der Waals surface area contributed by atoms with E-state index in [0.717, 1.165) is 26.4 Å². The zero-order chi connectivity index (χ0) is 19.1. The topological polar surface area (TPSA) is 125 Å². The van der Waals surface area contributed by atoms with Crippen molar-refractivity contribution in [1.29, 1.82) is 0 Å². The molecular weight excluding hydrogens is 335 g/mol. The lowest BCUT2D eigenvalue weighted by Crippen LogP contribution is -2.52. The minimum atomic E-state index is -1.46. The fraction of sp³-hybridized carbons (Fsp3) is 0.375. The predicted octanol–water partition coefficient (Wildman–Crippen LogP) is 0.00770. The van der Waals surface area contributed by atoms with Gasteiger partial charge in [-0.25, -0.2) is 4.39 Å². The molecule has 2 atom stereocenters. The van der Waals surface area contributed by atoms with Gasteiger partial charge in [0.2, 0.25) is 5.91 Å². The molecule has 0 aromatic heterocycles. The quantitative estimate of drug-likeness (QED) is 0.525. The Hall–Kier alpha value is -2.97. The Morgan fingerprint density at radius 3 is 1.92 bits per heavy atom. The lowest BCUT2D eigenvalue weighted by atomic mass is 9.86. The van der Waals surface area contributed by atoms with Gasteiger partial charge in [-0.05, 0) is 24.3 Å². The third-order valence-electron chi connectivity index (χ3n) is 3.66. The van der Waals surface area contributed by atoms with Gasteiger partial charge in [-0.3, -0.25) is 19.2 Å². The van der Waals surface area contributed by atoms with Crippen LogP contribution in [0.4, 0.5) is 4.39 Å². The summed E-state index contributed by atoms with van der Waals surface area (Å²) in [5, 5.41) is 2.34. The summed E-state index contributed by atoms with van der Waals surface area (Å²) in [7, 11) is 2.14. The molecule has 0 saturated carbocycles. The number of methoxy groups -OCH3 is 2. The molecule has 0 aliphatic rings. The summed E-state index contributed by atoms with van der Waals surface area (Å²) >= 11 is 0. The Morgan fingerprint density at radius 1 is 1.04 bits per heavy atom. The van der Waals surface area contributed by atoms with Crippen molar-refractivity contribution in [3.8, 4) is 0 Å². The summed E-state index contributed by atoms with van der Waals surface area (Å²) in [5.74, 6) is -6.57. The van der Waals surface area contributed by atoms with Crippen molar-refractivity contribution in [3.05, 3.63) is 35.6 Å². The lowest BCUT2D eigenvalue weighted by molar-refractivity contribution is -0.161. The number of nitrogens with one attached hydrogen (secondary N) is 1. The molecule has 0 bridgehead atoms. The maximum absolute atomic E-state index is 12.9. The second-order valence-corrected chi connectivity index (χ2v) is 5.24. The van der Waals surface area contributed by atoms with Crippen LogP contribution >= 0.6 is 0 Å². The number of carbonyl (C=O) groups is 4. The molecule has 1 aromatic carbocycles. The molecule has 9 heteroatoms. The van der Waals surface area contributed by atoms with Crippen LogP contribution in [0.25, 0.3) is 0 Å². The molecule has 0 aliphatic carbocycles. The molecule has 0 aliphatic heterocycles. The summed E-state index contributed by atoms with van der Waals surface area (Å²) in [4.78, 5) is 47.6. The van der Waals surface area contributed by atoms with Crippen molar-refractivity contribution in [2.45, 2.75) is 13.0 Å². The number of carbonyl (C=O) groups excluding carboxylic acids is 4. The minimum Gasteiger partial charge on any atom is -0.468 e. The fourth-order valence-electron chi connectivity index (χ4n) is 2.26. The van der Waals surface area contributed by atoms with Crippen LogP contribution in [0.3, 0.4) is 0 Å². The van der Waals surface area contributed by atoms with Gasteiger partial charge in [0.15, 0.2) is 5.92 Å². The third-order valence-corrected chi connectivity index (χ3v) is 3.66. The first kappa shape index (κ1) is 20.1. The number of ether oxygens (including phenoxy) is 2. The van der Waals surface area contributed by atoms with Gasteiger partial charge in [0.25, 0.3) is 5.91 Å². The van der Waals surface area contributed by atoms with E-state index in [2.05, 4.69) is 14.8 Å². The second-order valence-electron chi connectivity index (χ2n) is 5.24. The maximum Gasteiger partial charge on any atom is 0.320 e. The van der Waals surface area contributed by atoms with Crippen LogP contribution in [0, 0.1) is 17.7 Å². The number of hydrogen-bond acceptors (Lipinski definition) is 6. The predicted molar refractivity (Wildman–Crippen MR) is 83.5 cm³/mol. The Balaban J connectivity index is 3.06. The number of amides is 2. The molecule has 0 radical (unpaired) electrons. The SMILES string of the molecule is COC(=O)C(C(=O)OC)[C@@H](C)[C@@H](NC(=O)c1ccc(F)cc1)C(N)=O. The maximum atomic E-state index is 12.9. The lowest BCUT2D eigenvalue weighted by Gasteiger charge is -2.26. The molecule has 136 valence electrons. The van der Waals surface area contributed by atoms with Crippen LogP contribution in [-0.2, 0) is 23.9 Å². The second kappa shape index (κ2) is 8.76. The van der Waals surface area contributed by atoms with Gasteiger partial charge in [-0.1, -0.05) is 6.92 Å². The van der Waals surface area contributed by atoms with E-state index >= 15 is 0 Å². The molecule has 0 spiro atoms.